The van der Waals surface area contributed by atoms with Crippen molar-refractivity contribution >= 4 is 11.9 Å². The van der Waals surface area contributed by atoms with Gasteiger partial charge in [0.1, 0.15) is 6.54 Å². The van der Waals surface area contributed by atoms with Crippen LogP contribution < -0.4 is 5.32 Å². The van der Waals surface area contributed by atoms with E-state index in [-0.39, 0.29) is 31.6 Å². The Kier molecular flexibility index (Phi) is 5.43. The van der Waals surface area contributed by atoms with E-state index in [1.807, 2.05) is 6.07 Å². The van der Waals surface area contributed by atoms with Gasteiger partial charge in [-0.05, 0) is 12.8 Å². The van der Waals surface area contributed by atoms with Crippen molar-refractivity contribution in [2.45, 2.75) is 31.7 Å². The van der Waals surface area contributed by atoms with E-state index in [0.29, 0.717) is 0 Å². The molecule has 1 aliphatic carbocycles. The molecule has 0 aromatic rings. The van der Waals surface area contributed by atoms with Crippen LogP contribution in [0.25, 0.3) is 0 Å². The number of hydrogen-bond donors (Lipinski definition) is 2. The Labute approximate surface area is 100 Å². The lowest BCUT2D eigenvalue weighted by molar-refractivity contribution is -0.139. The second kappa shape index (κ2) is 6.86. The molecule has 0 aromatic carbocycles. The summed E-state index contributed by atoms with van der Waals surface area (Å²) in [5, 5.41) is 19.6. The molecule has 0 radical (unpaired) electrons. The van der Waals surface area contributed by atoms with E-state index < -0.39 is 5.97 Å². The molecule has 2 N–H and O–H groups in total. The molecule has 1 amide bonds. The third-order valence-electron chi connectivity index (χ3n) is 2.89. The summed E-state index contributed by atoms with van der Waals surface area (Å²) in [5.41, 5.74) is 0. The SMILES string of the molecule is N#CCNC(=O)CN(CC(=O)O)C1CCCC1. The highest BCUT2D eigenvalue weighted by Crippen LogP contribution is 2.22. The van der Waals surface area contributed by atoms with Crippen LogP contribution in [0.4, 0.5) is 0 Å². The van der Waals surface area contributed by atoms with E-state index >= 15 is 0 Å². The predicted molar refractivity (Wildman–Crippen MR) is 60.1 cm³/mol. The van der Waals surface area contributed by atoms with Crippen molar-refractivity contribution < 1.29 is 14.7 Å². The molecular weight excluding hydrogens is 222 g/mol. The Hall–Kier alpha value is -1.61. The minimum atomic E-state index is -0.926. The Bertz CT molecular complexity index is 318. The van der Waals surface area contributed by atoms with E-state index in [0.717, 1.165) is 25.7 Å². The number of carbonyl (C=O) groups excluding carboxylic acids is 1. The topological polar surface area (TPSA) is 93.4 Å². The van der Waals surface area contributed by atoms with Crippen molar-refractivity contribution in [2.24, 2.45) is 0 Å². The van der Waals surface area contributed by atoms with Crippen LogP contribution in [0, 0.1) is 11.3 Å². The third kappa shape index (κ3) is 4.83. The number of carboxylic acids is 1. The molecule has 0 aliphatic heterocycles. The summed E-state index contributed by atoms with van der Waals surface area (Å²) in [6.45, 7) is -0.103. The number of nitrogens with zero attached hydrogens (tertiary/aromatic N) is 2. The first kappa shape index (κ1) is 13.5. The van der Waals surface area contributed by atoms with Gasteiger partial charge in [0.2, 0.25) is 5.91 Å². The smallest absolute Gasteiger partial charge is 0.317 e. The third-order valence-corrected chi connectivity index (χ3v) is 2.89. The molecule has 1 saturated carbocycles. The molecule has 0 heterocycles. The molecule has 17 heavy (non-hydrogen) atoms. The number of hydrogen-bond acceptors (Lipinski definition) is 4. The van der Waals surface area contributed by atoms with Gasteiger partial charge in [-0.25, -0.2) is 0 Å². The first-order chi connectivity index (χ1) is 8.13. The van der Waals surface area contributed by atoms with E-state index in [9.17, 15) is 9.59 Å². The largest absolute Gasteiger partial charge is 0.480 e. The van der Waals surface area contributed by atoms with Crippen molar-refractivity contribution in [3.8, 4) is 6.07 Å². The highest BCUT2D eigenvalue weighted by molar-refractivity contribution is 5.79. The van der Waals surface area contributed by atoms with Gasteiger partial charge in [-0.15, -0.1) is 0 Å². The highest BCUT2D eigenvalue weighted by Gasteiger charge is 2.25. The van der Waals surface area contributed by atoms with Gasteiger partial charge in [0.15, 0.2) is 0 Å². The first-order valence-electron chi connectivity index (χ1n) is 5.73. The van der Waals surface area contributed by atoms with Crippen LogP contribution in [0.1, 0.15) is 25.7 Å². The average Bonchev–Trinajstić information content (AvgIpc) is 2.78. The Balaban J connectivity index is 2.48. The summed E-state index contributed by atoms with van der Waals surface area (Å²) in [4.78, 5) is 23.9. The average molecular weight is 239 g/mol. The molecule has 0 spiro atoms. The summed E-state index contributed by atoms with van der Waals surface area (Å²) in [6, 6.07) is 1.99. The van der Waals surface area contributed by atoms with Gasteiger partial charge in [-0.2, -0.15) is 5.26 Å². The standard InChI is InChI=1S/C11H17N3O3/c12-5-6-13-10(15)7-14(8-11(16)17)9-3-1-2-4-9/h9H,1-4,6-8H2,(H,13,15)(H,16,17). The van der Waals surface area contributed by atoms with Crippen LogP contribution in [-0.4, -0.2) is 47.6 Å². The lowest BCUT2D eigenvalue weighted by Crippen LogP contribution is -2.44. The van der Waals surface area contributed by atoms with Crippen molar-refractivity contribution in [2.75, 3.05) is 19.6 Å². The lowest BCUT2D eigenvalue weighted by atomic mass is 10.2. The predicted octanol–water partition coefficient (Wildman–Crippen LogP) is -0.0446. The number of rotatable bonds is 6. The summed E-state index contributed by atoms with van der Waals surface area (Å²) in [6.07, 6.45) is 4.05. The van der Waals surface area contributed by atoms with Gasteiger partial charge in [-0.1, -0.05) is 12.8 Å². The van der Waals surface area contributed by atoms with E-state index in [4.69, 9.17) is 10.4 Å². The van der Waals surface area contributed by atoms with Crippen LogP contribution in [0.15, 0.2) is 0 Å². The second-order valence-corrected chi connectivity index (χ2v) is 4.17. The number of carbonyl (C=O) groups is 2. The minimum Gasteiger partial charge on any atom is -0.480 e. The van der Waals surface area contributed by atoms with Crippen LogP contribution in [0.2, 0.25) is 0 Å². The van der Waals surface area contributed by atoms with Crippen molar-refractivity contribution in [3.63, 3.8) is 0 Å². The Morgan fingerprint density at radius 3 is 2.53 bits per heavy atom. The van der Waals surface area contributed by atoms with Gasteiger partial charge in [0.05, 0.1) is 19.2 Å². The molecule has 0 aromatic heterocycles. The van der Waals surface area contributed by atoms with Crippen LogP contribution in [-0.2, 0) is 9.59 Å². The maximum Gasteiger partial charge on any atom is 0.317 e. The number of amides is 1. The summed E-state index contributed by atoms with van der Waals surface area (Å²) in [5.74, 6) is -1.22. The molecule has 6 heteroatoms. The monoisotopic (exact) mass is 239 g/mol. The van der Waals surface area contributed by atoms with Crippen LogP contribution in [0.5, 0.6) is 0 Å². The Morgan fingerprint density at radius 2 is 2.00 bits per heavy atom. The molecule has 6 nitrogen and oxygen atoms in total. The fraction of sp³-hybridized carbons (Fsp3) is 0.727. The lowest BCUT2D eigenvalue weighted by Gasteiger charge is -2.26. The van der Waals surface area contributed by atoms with Gasteiger partial charge in [-0.3, -0.25) is 14.5 Å². The quantitative estimate of drug-likeness (QED) is 0.634. The summed E-state index contributed by atoms with van der Waals surface area (Å²) in [7, 11) is 0. The first-order valence-corrected chi connectivity index (χ1v) is 5.73. The van der Waals surface area contributed by atoms with Gasteiger partial charge in [0, 0.05) is 6.04 Å². The number of nitrogens with one attached hydrogen (secondary N) is 1. The second-order valence-electron chi connectivity index (χ2n) is 4.17. The number of aliphatic carboxylic acids is 1. The van der Waals surface area contributed by atoms with Gasteiger partial charge < -0.3 is 10.4 Å². The van der Waals surface area contributed by atoms with Gasteiger partial charge >= 0.3 is 5.97 Å². The Morgan fingerprint density at radius 1 is 1.35 bits per heavy atom. The molecule has 1 rings (SSSR count). The van der Waals surface area contributed by atoms with E-state index in [1.165, 1.54) is 0 Å². The van der Waals surface area contributed by atoms with Crippen LogP contribution >= 0.6 is 0 Å². The zero-order valence-corrected chi connectivity index (χ0v) is 9.69. The fourth-order valence-corrected chi connectivity index (χ4v) is 2.14. The maximum absolute atomic E-state index is 11.5. The van der Waals surface area contributed by atoms with E-state index in [2.05, 4.69) is 5.32 Å². The molecule has 1 aliphatic rings. The zero-order chi connectivity index (χ0) is 12.7. The van der Waals surface area contributed by atoms with Crippen molar-refractivity contribution in [3.05, 3.63) is 0 Å². The molecule has 1 fully saturated rings. The normalized spacial score (nSPS) is 15.8. The minimum absolute atomic E-state index is 0.0373. The zero-order valence-electron chi connectivity index (χ0n) is 9.69. The number of nitriles is 1. The highest BCUT2D eigenvalue weighted by atomic mass is 16.4. The van der Waals surface area contributed by atoms with Gasteiger partial charge in [0.25, 0.3) is 0 Å². The molecule has 0 unspecified atom stereocenters. The van der Waals surface area contributed by atoms with Crippen molar-refractivity contribution in [1.29, 1.82) is 5.26 Å². The molecule has 0 saturated heterocycles. The molecular formula is C11H17N3O3. The molecule has 0 bridgehead atoms. The van der Waals surface area contributed by atoms with Crippen molar-refractivity contribution in [1.82, 2.24) is 10.2 Å². The molecule has 94 valence electrons. The molecule has 0 atom stereocenters. The van der Waals surface area contributed by atoms with E-state index in [1.54, 1.807) is 4.90 Å². The maximum atomic E-state index is 11.5. The number of carboxylic acid groups (broad SMARTS) is 1. The van der Waals surface area contributed by atoms with Crippen LogP contribution in [0.3, 0.4) is 0 Å². The summed E-state index contributed by atoms with van der Waals surface area (Å²) < 4.78 is 0. The fourth-order valence-electron chi connectivity index (χ4n) is 2.14. The summed E-state index contributed by atoms with van der Waals surface area (Å²) >= 11 is 0.